The minimum absolute atomic E-state index is 0.305. The van der Waals surface area contributed by atoms with E-state index in [1.807, 2.05) is 12.1 Å². The molecule has 0 spiro atoms. The molecule has 72 valence electrons. The van der Waals surface area contributed by atoms with Crippen molar-refractivity contribution in [3.05, 3.63) is 26.8 Å². The fraction of sp³-hybridized carbons (Fsp3) is 0.400. The summed E-state index contributed by atoms with van der Waals surface area (Å²) in [6.45, 7) is 4.46. The van der Waals surface area contributed by atoms with E-state index in [0.717, 1.165) is 5.75 Å². The lowest BCUT2D eigenvalue weighted by Crippen LogP contribution is -2.00. The van der Waals surface area contributed by atoms with E-state index < -0.39 is 0 Å². The fourth-order valence-corrected chi connectivity index (χ4v) is 1.43. The molecule has 2 nitrogen and oxygen atoms in total. The first kappa shape index (κ1) is 10.8. The van der Waals surface area contributed by atoms with E-state index >= 15 is 0 Å². The maximum Gasteiger partial charge on any atom is 0.188 e. The standard InChI is InChI=1S/C10H13IO2/c1-7-4-9(13-6-12-3)5-8(2)10(7)11/h4-5H,6H2,1-3H3. The van der Waals surface area contributed by atoms with E-state index in [4.69, 9.17) is 9.47 Å². The van der Waals surface area contributed by atoms with Crippen molar-refractivity contribution in [2.45, 2.75) is 13.8 Å². The summed E-state index contributed by atoms with van der Waals surface area (Å²) in [6.07, 6.45) is 0. The van der Waals surface area contributed by atoms with E-state index in [9.17, 15) is 0 Å². The molecule has 0 saturated heterocycles. The monoisotopic (exact) mass is 292 g/mol. The molecule has 0 N–H and O–H groups in total. The lowest BCUT2D eigenvalue weighted by atomic mass is 10.1. The first-order valence-corrected chi connectivity index (χ1v) is 5.11. The smallest absolute Gasteiger partial charge is 0.188 e. The number of ether oxygens (including phenoxy) is 2. The second-order valence-corrected chi connectivity index (χ2v) is 4.00. The molecule has 0 heterocycles. The highest BCUT2D eigenvalue weighted by Crippen LogP contribution is 2.22. The third-order valence-electron chi connectivity index (χ3n) is 1.75. The Balaban J connectivity index is 2.86. The van der Waals surface area contributed by atoms with Gasteiger partial charge in [-0.25, -0.2) is 0 Å². The van der Waals surface area contributed by atoms with Gasteiger partial charge < -0.3 is 9.47 Å². The van der Waals surface area contributed by atoms with Gasteiger partial charge in [-0.05, 0) is 59.7 Å². The van der Waals surface area contributed by atoms with Crippen LogP contribution in [-0.2, 0) is 4.74 Å². The van der Waals surface area contributed by atoms with Crippen molar-refractivity contribution in [3.8, 4) is 5.75 Å². The van der Waals surface area contributed by atoms with Crippen LogP contribution in [0.25, 0.3) is 0 Å². The van der Waals surface area contributed by atoms with Crippen molar-refractivity contribution < 1.29 is 9.47 Å². The van der Waals surface area contributed by atoms with Crippen molar-refractivity contribution in [2.75, 3.05) is 13.9 Å². The summed E-state index contributed by atoms with van der Waals surface area (Å²) in [5.41, 5.74) is 2.48. The predicted octanol–water partition coefficient (Wildman–Crippen LogP) is 2.89. The summed E-state index contributed by atoms with van der Waals surface area (Å²) in [5, 5.41) is 0. The zero-order chi connectivity index (χ0) is 9.84. The maximum atomic E-state index is 5.35. The van der Waals surface area contributed by atoms with Crippen LogP contribution in [0.5, 0.6) is 5.75 Å². The van der Waals surface area contributed by atoms with E-state index in [0.29, 0.717) is 6.79 Å². The van der Waals surface area contributed by atoms with E-state index in [-0.39, 0.29) is 0 Å². The SMILES string of the molecule is COCOc1cc(C)c(I)c(C)c1. The van der Waals surface area contributed by atoms with Crippen LogP contribution < -0.4 is 4.74 Å². The molecule has 0 fully saturated rings. The number of hydrogen-bond acceptors (Lipinski definition) is 2. The summed E-state index contributed by atoms with van der Waals surface area (Å²) >= 11 is 2.34. The molecule has 13 heavy (non-hydrogen) atoms. The summed E-state index contributed by atoms with van der Waals surface area (Å²) in [4.78, 5) is 0. The number of methoxy groups -OCH3 is 1. The second-order valence-electron chi connectivity index (χ2n) is 2.92. The van der Waals surface area contributed by atoms with Crippen LogP contribution in [0.4, 0.5) is 0 Å². The average Bonchev–Trinajstić information content (AvgIpc) is 2.10. The Kier molecular flexibility index (Phi) is 3.99. The molecule has 0 aliphatic carbocycles. The summed E-state index contributed by atoms with van der Waals surface area (Å²) in [6, 6.07) is 4.04. The number of rotatable bonds is 3. The molecule has 0 aromatic heterocycles. The topological polar surface area (TPSA) is 18.5 Å². The number of benzene rings is 1. The number of aryl methyl sites for hydroxylation is 2. The second kappa shape index (κ2) is 4.81. The van der Waals surface area contributed by atoms with Crippen LogP contribution in [-0.4, -0.2) is 13.9 Å². The van der Waals surface area contributed by atoms with Gasteiger partial charge in [0.25, 0.3) is 0 Å². The first-order chi connectivity index (χ1) is 6.15. The van der Waals surface area contributed by atoms with Crippen LogP contribution in [0.1, 0.15) is 11.1 Å². The van der Waals surface area contributed by atoms with E-state index in [1.165, 1.54) is 14.7 Å². The fourth-order valence-electron chi connectivity index (χ4n) is 1.12. The van der Waals surface area contributed by atoms with E-state index in [2.05, 4.69) is 36.4 Å². The Morgan fingerprint density at radius 3 is 2.23 bits per heavy atom. The quantitative estimate of drug-likeness (QED) is 0.630. The van der Waals surface area contributed by atoms with Crippen LogP contribution >= 0.6 is 22.6 Å². The van der Waals surface area contributed by atoms with Gasteiger partial charge in [0.15, 0.2) is 6.79 Å². The van der Waals surface area contributed by atoms with Crippen LogP contribution in [0.2, 0.25) is 0 Å². The molecule has 0 radical (unpaired) electrons. The van der Waals surface area contributed by atoms with Crippen molar-refractivity contribution in [1.29, 1.82) is 0 Å². The highest BCUT2D eigenvalue weighted by atomic mass is 127. The molecule has 1 aromatic carbocycles. The molecule has 1 rings (SSSR count). The Labute approximate surface area is 92.4 Å². The Morgan fingerprint density at radius 1 is 1.23 bits per heavy atom. The van der Waals surface area contributed by atoms with Crippen molar-refractivity contribution >= 4 is 22.6 Å². The van der Waals surface area contributed by atoms with Crippen LogP contribution in [0.3, 0.4) is 0 Å². The third-order valence-corrected chi connectivity index (χ3v) is 3.45. The van der Waals surface area contributed by atoms with Crippen LogP contribution in [0, 0.1) is 17.4 Å². The highest BCUT2D eigenvalue weighted by Gasteiger charge is 2.02. The summed E-state index contributed by atoms with van der Waals surface area (Å²) < 4.78 is 11.5. The molecular formula is C10H13IO2. The van der Waals surface area contributed by atoms with Crippen molar-refractivity contribution in [2.24, 2.45) is 0 Å². The Bertz CT molecular complexity index is 274. The van der Waals surface area contributed by atoms with Gasteiger partial charge in [0, 0.05) is 10.7 Å². The van der Waals surface area contributed by atoms with Crippen LogP contribution in [0.15, 0.2) is 12.1 Å². The normalized spacial score (nSPS) is 10.2. The summed E-state index contributed by atoms with van der Waals surface area (Å²) in [7, 11) is 1.62. The van der Waals surface area contributed by atoms with Gasteiger partial charge in [-0.3, -0.25) is 0 Å². The molecule has 0 atom stereocenters. The molecule has 0 saturated carbocycles. The highest BCUT2D eigenvalue weighted by molar-refractivity contribution is 14.1. The average molecular weight is 292 g/mol. The van der Waals surface area contributed by atoms with Gasteiger partial charge in [-0.15, -0.1) is 0 Å². The first-order valence-electron chi connectivity index (χ1n) is 4.03. The molecule has 0 amide bonds. The molecule has 3 heteroatoms. The lowest BCUT2D eigenvalue weighted by molar-refractivity contribution is 0.0510. The van der Waals surface area contributed by atoms with Gasteiger partial charge in [-0.2, -0.15) is 0 Å². The van der Waals surface area contributed by atoms with Gasteiger partial charge in [0.2, 0.25) is 0 Å². The number of hydrogen-bond donors (Lipinski definition) is 0. The molecule has 0 unspecified atom stereocenters. The molecule has 1 aromatic rings. The molecule has 0 bridgehead atoms. The third kappa shape index (κ3) is 2.84. The largest absolute Gasteiger partial charge is 0.468 e. The van der Waals surface area contributed by atoms with Crippen molar-refractivity contribution in [3.63, 3.8) is 0 Å². The van der Waals surface area contributed by atoms with Gasteiger partial charge in [0.1, 0.15) is 5.75 Å². The Morgan fingerprint density at radius 2 is 1.77 bits per heavy atom. The van der Waals surface area contributed by atoms with Gasteiger partial charge in [0.05, 0.1) is 0 Å². The predicted molar refractivity (Wildman–Crippen MR) is 61.1 cm³/mol. The summed E-state index contributed by atoms with van der Waals surface area (Å²) in [5.74, 6) is 0.872. The van der Waals surface area contributed by atoms with Gasteiger partial charge >= 0.3 is 0 Å². The minimum Gasteiger partial charge on any atom is -0.468 e. The zero-order valence-corrected chi connectivity index (χ0v) is 10.2. The molecule has 0 aliphatic heterocycles. The van der Waals surface area contributed by atoms with E-state index in [1.54, 1.807) is 7.11 Å². The number of halogens is 1. The van der Waals surface area contributed by atoms with Crippen molar-refractivity contribution in [1.82, 2.24) is 0 Å². The minimum atomic E-state index is 0.305. The Hall–Kier alpha value is -0.290. The molecule has 0 aliphatic rings. The van der Waals surface area contributed by atoms with Gasteiger partial charge in [-0.1, -0.05) is 0 Å². The lowest BCUT2D eigenvalue weighted by Gasteiger charge is -2.08. The maximum absolute atomic E-state index is 5.35. The molecular weight excluding hydrogens is 279 g/mol. The zero-order valence-electron chi connectivity index (χ0n) is 8.06.